The normalized spacial score (nSPS) is 11.8. The van der Waals surface area contributed by atoms with Crippen LogP contribution in [0.2, 0.25) is 0 Å². The number of nitrogen functional groups attached to an aromatic ring is 1. The second-order valence-corrected chi connectivity index (χ2v) is 4.69. The lowest BCUT2D eigenvalue weighted by Gasteiger charge is -2.12. The molecule has 1 aromatic carbocycles. The predicted octanol–water partition coefficient (Wildman–Crippen LogP) is 1.98. The molecular weight excluding hydrogens is 252 g/mol. The van der Waals surface area contributed by atoms with Gasteiger partial charge in [-0.25, -0.2) is 4.98 Å². The first kappa shape index (κ1) is 14.0. The molecule has 2 rings (SSSR count). The average Bonchev–Trinajstić information content (AvgIpc) is 2.48. The highest BCUT2D eigenvalue weighted by Crippen LogP contribution is 2.17. The Bertz CT molecular complexity index is 571. The SMILES string of the molecule is CC(CCNC(=O)c1cncc(N)n1)c1ccccc1. The average molecular weight is 270 g/mol. The number of nitrogens with two attached hydrogens (primary N) is 1. The van der Waals surface area contributed by atoms with Crippen LogP contribution in [0, 0.1) is 0 Å². The van der Waals surface area contributed by atoms with Gasteiger partial charge in [-0.15, -0.1) is 0 Å². The van der Waals surface area contributed by atoms with Gasteiger partial charge in [-0.1, -0.05) is 37.3 Å². The lowest BCUT2D eigenvalue weighted by atomic mass is 9.98. The van der Waals surface area contributed by atoms with Crippen LogP contribution in [-0.4, -0.2) is 22.4 Å². The second-order valence-electron chi connectivity index (χ2n) is 4.69. The van der Waals surface area contributed by atoms with E-state index >= 15 is 0 Å². The highest BCUT2D eigenvalue weighted by Gasteiger charge is 2.09. The summed E-state index contributed by atoms with van der Waals surface area (Å²) in [5, 5.41) is 2.83. The fourth-order valence-electron chi connectivity index (χ4n) is 1.93. The number of nitrogens with one attached hydrogen (secondary N) is 1. The standard InChI is InChI=1S/C15H18N4O/c1-11(12-5-3-2-4-6-12)7-8-18-15(20)13-9-17-10-14(16)19-13/h2-6,9-11H,7-8H2,1H3,(H2,16,19)(H,18,20). The van der Waals surface area contributed by atoms with Crippen molar-refractivity contribution in [3.8, 4) is 0 Å². The van der Waals surface area contributed by atoms with Crippen molar-refractivity contribution >= 4 is 11.7 Å². The molecule has 1 heterocycles. The molecule has 20 heavy (non-hydrogen) atoms. The minimum Gasteiger partial charge on any atom is -0.382 e. The summed E-state index contributed by atoms with van der Waals surface area (Å²) in [5.74, 6) is 0.392. The van der Waals surface area contributed by atoms with Crippen molar-refractivity contribution in [2.75, 3.05) is 12.3 Å². The van der Waals surface area contributed by atoms with Crippen molar-refractivity contribution in [1.82, 2.24) is 15.3 Å². The Morgan fingerprint density at radius 1 is 1.30 bits per heavy atom. The van der Waals surface area contributed by atoms with Gasteiger partial charge in [0.15, 0.2) is 0 Å². The Labute approximate surface area is 118 Å². The second kappa shape index (κ2) is 6.65. The van der Waals surface area contributed by atoms with Gasteiger partial charge in [0.25, 0.3) is 5.91 Å². The molecule has 3 N–H and O–H groups in total. The van der Waals surface area contributed by atoms with Crippen LogP contribution in [0.25, 0.3) is 0 Å². The molecule has 2 aromatic rings. The summed E-state index contributed by atoms with van der Waals surface area (Å²) in [6.45, 7) is 2.73. The smallest absolute Gasteiger partial charge is 0.271 e. The molecule has 0 saturated carbocycles. The van der Waals surface area contributed by atoms with Crippen LogP contribution in [0.5, 0.6) is 0 Å². The van der Waals surface area contributed by atoms with Crippen molar-refractivity contribution in [2.24, 2.45) is 0 Å². The molecule has 0 radical (unpaired) electrons. The number of aromatic nitrogens is 2. The highest BCUT2D eigenvalue weighted by atomic mass is 16.1. The molecule has 1 aromatic heterocycles. The number of benzene rings is 1. The summed E-state index contributed by atoms with van der Waals surface area (Å²) >= 11 is 0. The van der Waals surface area contributed by atoms with Gasteiger partial charge in [0.05, 0.1) is 12.4 Å². The van der Waals surface area contributed by atoms with Crippen LogP contribution in [0.4, 0.5) is 5.82 Å². The minimum atomic E-state index is -0.245. The maximum absolute atomic E-state index is 11.8. The maximum Gasteiger partial charge on any atom is 0.271 e. The Morgan fingerprint density at radius 2 is 2.05 bits per heavy atom. The summed E-state index contributed by atoms with van der Waals surface area (Å²) in [6.07, 6.45) is 3.69. The topological polar surface area (TPSA) is 80.9 Å². The van der Waals surface area contributed by atoms with Crippen molar-refractivity contribution < 1.29 is 4.79 Å². The summed E-state index contributed by atoms with van der Waals surface area (Å²) in [7, 11) is 0. The molecule has 0 fully saturated rings. The number of hydrogen-bond donors (Lipinski definition) is 2. The molecule has 0 aliphatic carbocycles. The van der Waals surface area contributed by atoms with Gasteiger partial charge in [-0.05, 0) is 17.9 Å². The fraction of sp³-hybridized carbons (Fsp3) is 0.267. The summed E-state index contributed by atoms with van der Waals surface area (Å²) < 4.78 is 0. The van der Waals surface area contributed by atoms with Crippen LogP contribution in [-0.2, 0) is 0 Å². The van der Waals surface area contributed by atoms with E-state index in [0.717, 1.165) is 6.42 Å². The van der Waals surface area contributed by atoms with Crippen LogP contribution in [0.1, 0.15) is 35.3 Å². The third-order valence-corrected chi connectivity index (χ3v) is 3.12. The van der Waals surface area contributed by atoms with Gasteiger partial charge in [-0.2, -0.15) is 0 Å². The minimum absolute atomic E-state index is 0.245. The first-order chi connectivity index (χ1) is 9.66. The van der Waals surface area contributed by atoms with E-state index < -0.39 is 0 Å². The first-order valence-corrected chi connectivity index (χ1v) is 6.57. The van der Waals surface area contributed by atoms with Gasteiger partial charge >= 0.3 is 0 Å². The van der Waals surface area contributed by atoms with Crippen molar-refractivity contribution in [3.63, 3.8) is 0 Å². The largest absolute Gasteiger partial charge is 0.382 e. The first-order valence-electron chi connectivity index (χ1n) is 6.57. The van der Waals surface area contributed by atoms with E-state index in [1.807, 2.05) is 18.2 Å². The third-order valence-electron chi connectivity index (χ3n) is 3.12. The molecule has 0 bridgehead atoms. The Balaban J connectivity index is 1.83. The van der Waals surface area contributed by atoms with E-state index in [1.165, 1.54) is 18.0 Å². The van der Waals surface area contributed by atoms with Gasteiger partial charge in [0.1, 0.15) is 11.5 Å². The molecule has 104 valence electrons. The molecule has 5 heteroatoms. The summed E-state index contributed by atoms with van der Waals surface area (Å²) in [4.78, 5) is 19.6. The zero-order valence-corrected chi connectivity index (χ0v) is 11.4. The van der Waals surface area contributed by atoms with Gasteiger partial charge < -0.3 is 11.1 Å². The van der Waals surface area contributed by atoms with E-state index in [-0.39, 0.29) is 17.4 Å². The van der Waals surface area contributed by atoms with E-state index in [2.05, 4.69) is 34.3 Å². The number of rotatable bonds is 5. The highest BCUT2D eigenvalue weighted by molar-refractivity contribution is 5.92. The number of hydrogen-bond acceptors (Lipinski definition) is 4. The molecule has 0 aliphatic heterocycles. The molecule has 5 nitrogen and oxygen atoms in total. The molecular formula is C15H18N4O. The Hall–Kier alpha value is -2.43. The van der Waals surface area contributed by atoms with Gasteiger partial charge in [-0.3, -0.25) is 9.78 Å². The number of amides is 1. The van der Waals surface area contributed by atoms with Crippen molar-refractivity contribution in [1.29, 1.82) is 0 Å². The van der Waals surface area contributed by atoms with Crippen molar-refractivity contribution in [3.05, 3.63) is 54.0 Å². The molecule has 0 aliphatic rings. The number of nitrogens with zero attached hydrogens (tertiary/aromatic N) is 2. The van der Waals surface area contributed by atoms with E-state index in [1.54, 1.807) is 0 Å². The van der Waals surface area contributed by atoms with Crippen LogP contribution in [0.15, 0.2) is 42.7 Å². The predicted molar refractivity (Wildman–Crippen MR) is 78.3 cm³/mol. The Kier molecular flexibility index (Phi) is 4.65. The number of anilines is 1. The van der Waals surface area contributed by atoms with Gasteiger partial charge in [0, 0.05) is 6.54 Å². The van der Waals surface area contributed by atoms with Crippen LogP contribution >= 0.6 is 0 Å². The molecule has 1 atom stereocenters. The zero-order valence-electron chi connectivity index (χ0n) is 11.4. The zero-order chi connectivity index (χ0) is 14.4. The summed E-state index contributed by atoms with van der Waals surface area (Å²) in [6, 6.07) is 10.2. The number of carbonyl (C=O) groups excluding carboxylic acids is 1. The molecule has 1 amide bonds. The van der Waals surface area contributed by atoms with E-state index in [4.69, 9.17) is 5.73 Å². The monoisotopic (exact) mass is 270 g/mol. The van der Waals surface area contributed by atoms with Gasteiger partial charge in [0.2, 0.25) is 0 Å². The maximum atomic E-state index is 11.8. The van der Waals surface area contributed by atoms with Crippen LogP contribution in [0.3, 0.4) is 0 Å². The molecule has 1 unspecified atom stereocenters. The third kappa shape index (κ3) is 3.78. The number of carbonyl (C=O) groups is 1. The Morgan fingerprint density at radius 3 is 2.75 bits per heavy atom. The van der Waals surface area contributed by atoms with Crippen molar-refractivity contribution in [2.45, 2.75) is 19.3 Å². The lowest BCUT2D eigenvalue weighted by Crippen LogP contribution is -2.26. The fourth-order valence-corrected chi connectivity index (χ4v) is 1.93. The van der Waals surface area contributed by atoms with E-state index in [9.17, 15) is 4.79 Å². The molecule has 0 saturated heterocycles. The molecule has 0 spiro atoms. The quantitative estimate of drug-likeness (QED) is 0.870. The van der Waals surface area contributed by atoms with Crippen LogP contribution < -0.4 is 11.1 Å². The summed E-state index contributed by atoms with van der Waals surface area (Å²) in [5.41, 5.74) is 7.01. The van der Waals surface area contributed by atoms with E-state index in [0.29, 0.717) is 12.5 Å². The lowest BCUT2D eigenvalue weighted by molar-refractivity contribution is 0.0947.